The van der Waals surface area contributed by atoms with Crippen LogP contribution in [0.5, 0.6) is 0 Å². The molecule has 2 heterocycles. The third kappa shape index (κ3) is 11.2. The van der Waals surface area contributed by atoms with Crippen molar-refractivity contribution in [2.75, 3.05) is 0 Å². The zero-order valence-corrected chi connectivity index (χ0v) is 25.4. The van der Waals surface area contributed by atoms with E-state index in [2.05, 4.69) is 13.0 Å². The highest BCUT2D eigenvalue weighted by atomic mass is 16.6. The number of nitrogens with two attached hydrogens (primary N) is 1. The lowest BCUT2D eigenvalue weighted by atomic mass is 9.88. The molecule has 41 heavy (non-hydrogen) atoms. The van der Waals surface area contributed by atoms with Gasteiger partial charge in [-0.25, -0.2) is 4.79 Å². The van der Waals surface area contributed by atoms with Crippen molar-refractivity contribution in [2.24, 2.45) is 23.5 Å². The third-order valence-electron chi connectivity index (χ3n) is 7.87. The van der Waals surface area contributed by atoms with Crippen LogP contribution in [0.3, 0.4) is 0 Å². The van der Waals surface area contributed by atoms with Gasteiger partial charge in [-0.05, 0) is 57.1 Å². The minimum absolute atomic E-state index is 0.0163. The number of primary amides is 1. The van der Waals surface area contributed by atoms with Gasteiger partial charge in [0.15, 0.2) is 0 Å². The summed E-state index contributed by atoms with van der Waals surface area (Å²) in [5, 5.41) is 21.3. The number of aliphatic hydroxyl groups is 2. The molecule has 0 saturated carbocycles. The topological polar surface area (TPSA) is 158 Å². The fourth-order valence-electron chi connectivity index (χ4n) is 5.30. The molecule has 0 aromatic heterocycles. The van der Waals surface area contributed by atoms with E-state index >= 15 is 0 Å². The Morgan fingerprint density at radius 3 is 2.56 bits per heavy atom. The second-order valence-corrected chi connectivity index (χ2v) is 11.8. The standard InChI is InChI=1S/C31H49NO9/c1-8-24(40-30(32)36)21(5)29-25(39-29)16-18(2)10-9-11-19(3)28-20(4)12-13-26(38-22(6)33)31(7,37)15-14-23(34)17-27(35)41-28/h9-13,18,20-21,23-26,28-29,34,37H,8,14-17H2,1-7H3,(H2,32,36). The Morgan fingerprint density at radius 1 is 1.27 bits per heavy atom. The number of aliphatic hydroxyl groups excluding tert-OH is 1. The molecular weight excluding hydrogens is 530 g/mol. The van der Waals surface area contributed by atoms with Crippen molar-refractivity contribution >= 4 is 18.0 Å². The predicted molar refractivity (Wildman–Crippen MR) is 153 cm³/mol. The minimum atomic E-state index is -1.42. The molecule has 0 radical (unpaired) electrons. The van der Waals surface area contributed by atoms with Crippen LogP contribution < -0.4 is 5.73 Å². The first-order chi connectivity index (χ1) is 19.1. The first-order valence-electron chi connectivity index (χ1n) is 14.6. The summed E-state index contributed by atoms with van der Waals surface area (Å²) in [4.78, 5) is 35.5. The van der Waals surface area contributed by atoms with E-state index in [9.17, 15) is 24.6 Å². The number of amides is 1. The van der Waals surface area contributed by atoms with E-state index < -0.39 is 41.9 Å². The third-order valence-corrected chi connectivity index (χ3v) is 7.87. The SMILES string of the molecule is CCC(OC(N)=O)C(C)C1OC1CC(C)C=CC=C(C)C1OC(=O)CC(O)CCC(C)(O)C(OC(C)=O)C=CC1C. The number of cyclic esters (lactones) is 1. The second-order valence-electron chi connectivity index (χ2n) is 11.8. The highest BCUT2D eigenvalue weighted by Gasteiger charge is 2.46. The van der Waals surface area contributed by atoms with Gasteiger partial charge in [-0.2, -0.15) is 0 Å². The van der Waals surface area contributed by atoms with Crippen molar-refractivity contribution in [1.29, 1.82) is 0 Å². The van der Waals surface area contributed by atoms with Gasteiger partial charge in [-0.3, -0.25) is 9.59 Å². The first-order valence-corrected chi connectivity index (χ1v) is 14.6. The van der Waals surface area contributed by atoms with Crippen LogP contribution in [0.4, 0.5) is 4.79 Å². The van der Waals surface area contributed by atoms with Gasteiger partial charge < -0.3 is 34.9 Å². The van der Waals surface area contributed by atoms with Crippen LogP contribution in [0, 0.1) is 17.8 Å². The summed E-state index contributed by atoms with van der Waals surface area (Å²) in [6, 6.07) is 0. The molecule has 2 aliphatic heterocycles. The van der Waals surface area contributed by atoms with Gasteiger partial charge >= 0.3 is 18.0 Å². The highest BCUT2D eigenvalue weighted by Crippen LogP contribution is 2.37. The van der Waals surface area contributed by atoms with Gasteiger partial charge in [0, 0.05) is 18.8 Å². The molecule has 4 N–H and O–H groups in total. The van der Waals surface area contributed by atoms with E-state index in [0.717, 1.165) is 12.0 Å². The molecule has 10 nitrogen and oxygen atoms in total. The van der Waals surface area contributed by atoms with Crippen molar-refractivity contribution < 1.29 is 43.5 Å². The van der Waals surface area contributed by atoms with Crippen LogP contribution in [0.25, 0.3) is 0 Å². The summed E-state index contributed by atoms with van der Waals surface area (Å²) in [5.41, 5.74) is 4.57. The maximum atomic E-state index is 12.6. The number of rotatable bonds is 10. The molecule has 232 valence electrons. The normalized spacial score (nSPS) is 33.6. The van der Waals surface area contributed by atoms with Gasteiger partial charge in [0.25, 0.3) is 0 Å². The summed E-state index contributed by atoms with van der Waals surface area (Å²) in [7, 11) is 0. The van der Waals surface area contributed by atoms with Gasteiger partial charge in [-0.15, -0.1) is 0 Å². The van der Waals surface area contributed by atoms with Crippen LogP contribution >= 0.6 is 0 Å². The number of esters is 2. The molecule has 0 aromatic carbocycles. The number of hydrogen-bond donors (Lipinski definition) is 3. The molecule has 1 fully saturated rings. The van der Waals surface area contributed by atoms with Gasteiger partial charge in [0.05, 0.1) is 24.7 Å². The maximum absolute atomic E-state index is 12.6. The quantitative estimate of drug-likeness (QED) is 0.114. The van der Waals surface area contributed by atoms with E-state index in [4.69, 9.17) is 24.7 Å². The summed E-state index contributed by atoms with van der Waals surface area (Å²) in [5.74, 6) is -1.11. The van der Waals surface area contributed by atoms with E-state index in [0.29, 0.717) is 6.42 Å². The number of ether oxygens (including phenoxy) is 4. The van der Waals surface area contributed by atoms with Crippen molar-refractivity contribution in [2.45, 2.75) is 123 Å². The monoisotopic (exact) mass is 579 g/mol. The van der Waals surface area contributed by atoms with Crippen molar-refractivity contribution in [3.63, 3.8) is 0 Å². The lowest BCUT2D eigenvalue weighted by Crippen LogP contribution is -2.42. The fraction of sp³-hybridized carbons (Fsp3) is 0.710. The molecule has 1 amide bonds. The Labute approximate surface area is 243 Å². The van der Waals surface area contributed by atoms with Crippen LogP contribution in [-0.2, 0) is 28.5 Å². The lowest BCUT2D eigenvalue weighted by molar-refractivity contribution is -0.157. The Bertz CT molecular complexity index is 988. The molecule has 0 aliphatic carbocycles. The van der Waals surface area contributed by atoms with E-state index in [1.54, 1.807) is 19.1 Å². The summed E-state index contributed by atoms with van der Waals surface area (Å²) in [6.07, 6.45) is 7.32. The molecule has 0 spiro atoms. The van der Waals surface area contributed by atoms with Gasteiger partial charge in [0.2, 0.25) is 0 Å². The zero-order valence-electron chi connectivity index (χ0n) is 25.4. The fourth-order valence-corrected chi connectivity index (χ4v) is 5.30. The number of allylic oxidation sites excluding steroid dienone is 3. The molecule has 10 heteroatoms. The van der Waals surface area contributed by atoms with Crippen molar-refractivity contribution in [3.8, 4) is 0 Å². The molecule has 1 saturated heterocycles. The smallest absolute Gasteiger partial charge is 0.404 e. The molecule has 10 unspecified atom stereocenters. The highest BCUT2D eigenvalue weighted by molar-refractivity contribution is 5.70. The van der Waals surface area contributed by atoms with E-state index in [1.807, 2.05) is 39.8 Å². The molecule has 0 bridgehead atoms. The summed E-state index contributed by atoms with van der Waals surface area (Å²) in [6.45, 7) is 12.6. The molecule has 10 atom stereocenters. The maximum Gasteiger partial charge on any atom is 0.404 e. The lowest BCUT2D eigenvalue weighted by Gasteiger charge is -2.32. The van der Waals surface area contributed by atoms with Crippen LogP contribution in [0.1, 0.15) is 80.6 Å². The number of carbonyl (C=O) groups excluding carboxylic acids is 3. The number of carbonyl (C=O) groups is 3. The predicted octanol–water partition coefficient (Wildman–Crippen LogP) is 4.12. The molecule has 2 aliphatic rings. The van der Waals surface area contributed by atoms with Crippen LogP contribution in [-0.4, -0.2) is 70.5 Å². The number of hydrogen-bond acceptors (Lipinski definition) is 9. The van der Waals surface area contributed by atoms with E-state index in [-0.39, 0.29) is 55.3 Å². The Kier molecular flexibility index (Phi) is 13.1. The Balaban J connectivity index is 2.10. The Hall–Kier alpha value is -2.69. The first kappa shape index (κ1) is 34.5. The average Bonchev–Trinajstić information content (AvgIpc) is 3.64. The largest absolute Gasteiger partial charge is 0.457 e. The molecule has 2 rings (SSSR count). The average molecular weight is 580 g/mol. The summed E-state index contributed by atoms with van der Waals surface area (Å²) >= 11 is 0. The number of epoxide rings is 1. The van der Waals surface area contributed by atoms with Gasteiger partial charge in [-0.1, -0.05) is 52.0 Å². The van der Waals surface area contributed by atoms with Crippen LogP contribution in [0.15, 0.2) is 36.0 Å². The Morgan fingerprint density at radius 2 is 1.95 bits per heavy atom. The minimum Gasteiger partial charge on any atom is -0.457 e. The second kappa shape index (κ2) is 15.5. The van der Waals surface area contributed by atoms with E-state index in [1.165, 1.54) is 6.92 Å². The summed E-state index contributed by atoms with van der Waals surface area (Å²) < 4.78 is 22.2. The van der Waals surface area contributed by atoms with Crippen molar-refractivity contribution in [3.05, 3.63) is 36.0 Å². The molecule has 0 aromatic rings. The zero-order chi connectivity index (χ0) is 30.9. The van der Waals surface area contributed by atoms with Crippen molar-refractivity contribution in [1.82, 2.24) is 0 Å². The van der Waals surface area contributed by atoms with Crippen LogP contribution in [0.2, 0.25) is 0 Å². The molecular formula is C31H49NO9. The van der Waals surface area contributed by atoms with Gasteiger partial charge in [0.1, 0.15) is 23.9 Å².